The molecule has 0 unspecified atom stereocenters. The van der Waals surface area contributed by atoms with Crippen LogP contribution in [-0.2, 0) is 0 Å². The topological polar surface area (TPSA) is 29.3 Å². The Hall–Kier alpha value is -0.0800. The molecule has 76 valence electrons. The van der Waals surface area contributed by atoms with Gasteiger partial charge in [0.1, 0.15) is 0 Å². The summed E-state index contributed by atoms with van der Waals surface area (Å²) in [7, 11) is 0. The van der Waals surface area contributed by atoms with Crippen LogP contribution in [0.25, 0.3) is 0 Å². The second-order valence-electron chi connectivity index (χ2n) is 4.70. The Kier molecular flexibility index (Phi) is 2.89. The van der Waals surface area contributed by atoms with Crippen molar-refractivity contribution in [2.24, 2.45) is 11.7 Å². The molecule has 2 heterocycles. The molecule has 0 aromatic rings. The second-order valence-corrected chi connectivity index (χ2v) is 4.70. The van der Waals surface area contributed by atoms with E-state index < -0.39 is 0 Å². The fourth-order valence-corrected chi connectivity index (χ4v) is 3.20. The third-order valence-corrected chi connectivity index (χ3v) is 3.80. The normalized spacial score (nSPS) is 39.7. The molecule has 2 aliphatic rings. The van der Waals surface area contributed by atoms with Crippen LogP contribution in [0.15, 0.2) is 0 Å². The zero-order chi connectivity index (χ0) is 9.26. The van der Waals surface area contributed by atoms with Crippen molar-refractivity contribution in [3.05, 3.63) is 0 Å². The molecule has 0 amide bonds. The molecule has 2 saturated heterocycles. The molecular formula is C11H22N2. The van der Waals surface area contributed by atoms with E-state index in [0.29, 0.717) is 0 Å². The number of rotatable bonds is 3. The molecule has 0 aromatic carbocycles. The van der Waals surface area contributed by atoms with Gasteiger partial charge in [0.2, 0.25) is 0 Å². The maximum Gasteiger partial charge on any atom is 0.0102 e. The number of nitrogens with two attached hydrogens (primary N) is 1. The molecule has 2 bridgehead atoms. The van der Waals surface area contributed by atoms with Gasteiger partial charge < -0.3 is 5.73 Å². The Morgan fingerprint density at radius 2 is 1.85 bits per heavy atom. The van der Waals surface area contributed by atoms with E-state index in [1.54, 1.807) is 0 Å². The molecule has 2 atom stereocenters. The number of nitrogens with zero attached hydrogens (tertiary/aromatic N) is 1. The van der Waals surface area contributed by atoms with Gasteiger partial charge in [-0.15, -0.1) is 0 Å². The third kappa shape index (κ3) is 1.75. The summed E-state index contributed by atoms with van der Waals surface area (Å²) in [4.78, 5) is 2.74. The summed E-state index contributed by atoms with van der Waals surface area (Å²) in [5.41, 5.74) is 5.76. The molecule has 0 aromatic heterocycles. The fourth-order valence-electron chi connectivity index (χ4n) is 3.20. The Labute approximate surface area is 81.5 Å². The summed E-state index contributed by atoms with van der Waals surface area (Å²) in [5, 5.41) is 0. The van der Waals surface area contributed by atoms with E-state index in [1.807, 2.05) is 0 Å². The first-order valence-electron chi connectivity index (χ1n) is 5.81. The average molecular weight is 182 g/mol. The van der Waals surface area contributed by atoms with E-state index in [-0.39, 0.29) is 0 Å². The van der Waals surface area contributed by atoms with Gasteiger partial charge in [0, 0.05) is 12.1 Å². The van der Waals surface area contributed by atoms with E-state index in [4.69, 9.17) is 5.73 Å². The van der Waals surface area contributed by atoms with Gasteiger partial charge in [-0.3, -0.25) is 4.90 Å². The summed E-state index contributed by atoms with van der Waals surface area (Å²) in [6.45, 7) is 4.51. The molecule has 2 aliphatic heterocycles. The van der Waals surface area contributed by atoms with Gasteiger partial charge >= 0.3 is 0 Å². The van der Waals surface area contributed by atoms with Crippen LogP contribution in [0.5, 0.6) is 0 Å². The molecule has 2 nitrogen and oxygen atoms in total. The van der Waals surface area contributed by atoms with Crippen LogP contribution in [0.2, 0.25) is 0 Å². The highest BCUT2D eigenvalue weighted by molar-refractivity contribution is 4.94. The molecule has 2 N–H and O–H groups in total. The molecule has 2 heteroatoms. The minimum Gasteiger partial charge on any atom is -0.330 e. The van der Waals surface area contributed by atoms with Crippen LogP contribution in [0, 0.1) is 5.92 Å². The lowest BCUT2D eigenvalue weighted by atomic mass is 9.91. The van der Waals surface area contributed by atoms with Crippen LogP contribution < -0.4 is 5.73 Å². The minimum absolute atomic E-state index is 0.825. The maximum absolute atomic E-state index is 5.76. The fraction of sp³-hybridized carbons (Fsp3) is 1.00. The van der Waals surface area contributed by atoms with Gasteiger partial charge in [-0.25, -0.2) is 0 Å². The van der Waals surface area contributed by atoms with E-state index in [9.17, 15) is 0 Å². The highest BCUT2D eigenvalue weighted by atomic mass is 15.2. The van der Waals surface area contributed by atoms with E-state index in [0.717, 1.165) is 24.5 Å². The van der Waals surface area contributed by atoms with Gasteiger partial charge in [-0.05, 0) is 51.1 Å². The number of fused-ring (bicyclic) bond motifs is 2. The zero-order valence-electron chi connectivity index (χ0n) is 8.71. The Balaban J connectivity index is 1.96. The van der Waals surface area contributed by atoms with Crippen molar-refractivity contribution < 1.29 is 0 Å². The van der Waals surface area contributed by atoms with Crippen LogP contribution in [0.3, 0.4) is 0 Å². The largest absolute Gasteiger partial charge is 0.330 e. The van der Waals surface area contributed by atoms with Gasteiger partial charge in [-0.2, -0.15) is 0 Å². The van der Waals surface area contributed by atoms with Gasteiger partial charge in [0.25, 0.3) is 0 Å². The quantitative estimate of drug-likeness (QED) is 0.718. The lowest BCUT2D eigenvalue weighted by molar-refractivity contribution is 0.107. The predicted molar refractivity (Wildman–Crippen MR) is 55.6 cm³/mol. The minimum atomic E-state index is 0.825. The van der Waals surface area contributed by atoms with Crippen LogP contribution in [0.1, 0.15) is 39.0 Å². The lowest BCUT2D eigenvalue weighted by Gasteiger charge is -2.38. The summed E-state index contributed by atoms with van der Waals surface area (Å²) >= 11 is 0. The first-order valence-corrected chi connectivity index (χ1v) is 5.81. The number of hydrogen-bond donors (Lipinski definition) is 1. The van der Waals surface area contributed by atoms with E-state index >= 15 is 0 Å². The van der Waals surface area contributed by atoms with E-state index in [2.05, 4.69) is 11.8 Å². The standard InChI is InChI=1S/C11H22N2/c1-2-5-13-10-3-4-11(13)7-9(6-10)8-12/h9-11H,2-8,12H2,1H3/t10-,11-/m1/s1. The molecule has 2 fully saturated rings. The van der Waals surface area contributed by atoms with Crippen molar-refractivity contribution in [3.63, 3.8) is 0 Å². The van der Waals surface area contributed by atoms with Crippen molar-refractivity contribution in [2.75, 3.05) is 13.1 Å². The van der Waals surface area contributed by atoms with Gasteiger partial charge in [0.15, 0.2) is 0 Å². The van der Waals surface area contributed by atoms with Crippen LogP contribution in [0.4, 0.5) is 0 Å². The lowest BCUT2D eigenvalue weighted by Crippen LogP contribution is -2.44. The monoisotopic (exact) mass is 182 g/mol. The Bertz CT molecular complexity index is 155. The van der Waals surface area contributed by atoms with Crippen molar-refractivity contribution in [1.29, 1.82) is 0 Å². The third-order valence-electron chi connectivity index (χ3n) is 3.80. The Morgan fingerprint density at radius 1 is 1.23 bits per heavy atom. The van der Waals surface area contributed by atoms with E-state index in [1.165, 1.54) is 38.6 Å². The molecule has 2 rings (SSSR count). The molecule has 13 heavy (non-hydrogen) atoms. The predicted octanol–water partition coefficient (Wildman–Crippen LogP) is 1.60. The van der Waals surface area contributed by atoms with Gasteiger partial charge in [-0.1, -0.05) is 6.92 Å². The summed E-state index contributed by atoms with van der Waals surface area (Å²) in [6.07, 6.45) is 6.91. The van der Waals surface area contributed by atoms with Crippen molar-refractivity contribution >= 4 is 0 Å². The van der Waals surface area contributed by atoms with Crippen molar-refractivity contribution in [1.82, 2.24) is 4.90 Å². The molecular weight excluding hydrogens is 160 g/mol. The van der Waals surface area contributed by atoms with Crippen molar-refractivity contribution in [3.8, 4) is 0 Å². The maximum atomic E-state index is 5.76. The Morgan fingerprint density at radius 3 is 2.31 bits per heavy atom. The molecule has 0 radical (unpaired) electrons. The zero-order valence-corrected chi connectivity index (χ0v) is 8.71. The van der Waals surface area contributed by atoms with Crippen molar-refractivity contribution in [2.45, 2.75) is 51.1 Å². The van der Waals surface area contributed by atoms with Crippen LogP contribution in [-0.4, -0.2) is 30.1 Å². The average Bonchev–Trinajstić information content (AvgIpc) is 2.39. The second kappa shape index (κ2) is 3.97. The first kappa shape index (κ1) is 9.47. The highest BCUT2D eigenvalue weighted by Gasteiger charge is 2.39. The first-order chi connectivity index (χ1) is 6.35. The van der Waals surface area contributed by atoms with Crippen LogP contribution >= 0.6 is 0 Å². The smallest absolute Gasteiger partial charge is 0.0102 e. The summed E-state index contributed by atoms with van der Waals surface area (Å²) in [5.74, 6) is 0.825. The molecule has 0 aliphatic carbocycles. The number of piperidine rings is 1. The summed E-state index contributed by atoms with van der Waals surface area (Å²) < 4.78 is 0. The van der Waals surface area contributed by atoms with Gasteiger partial charge in [0.05, 0.1) is 0 Å². The molecule has 0 saturated carbocycles. The number of hydrogen-bond acceptors (Lipinski definition) is 2. The molecule has 0 spiro atoms. The SMILES string of the molecule is CCCN1[C@@H]2CC[C@@H]1CC(CN)C2. The highest BCUT2D eigenvalue weighted by Crippen LogP contribution is 2.38. The summed E-state index contributed by atoms with van der Waals surface area (Å²) in [6, 6.07) is 1.76.